The molecule has 0 bridgehead atoms. The van der Waals surface area contributed by atoms with Gasteiger partial charge in [-0.3, -0.25) is 4.57 Å². The molecule has 1 atom stereocenters. The third kappa shape index (κ3) is 5.56. The average molecular weight is 512 g/mol. The van der Waals surface area contributed by atoms with Crippen LogP contribution in [-0.2, 0) is 26.8 Å². The van der Waals surface area contributed by atoms with Gasteiger partial charge in [-0.2, -0.15) is 0 Å². The molecular weight excluding hydrogens is 481 g/mol. The summed E-state index contributed by atoms with van der Waals surface area (Å²) in [5.74, 6) is -0.500. The molecule has 0 aliphatic heterocycles. The predicted octanol–water partition coefficient (Wildman–Crippen LogP) is 5.62. The van der Waals surface area contributed by atoms with Gasteiger partial charge in [-0.15, -0.1) is 0 Å². The SMILES string of the molecule is CCCCc1nc(Cl)c(C(Nc2ccc3c(C)cc(=O)oc3c2)P(=O)(OCC)OCC)n1CO. The van der Waals surface area contributed by atoms with Gasteiger partial charge in [-0.05, 0) is 44.9 Å². The predicted molar refractivity (Wildman–Crippen MR) is 133 cm³/mol. The number of rotatable bonds is 12. The number of halogens is 1. The Morgan fingerprint density at radius 3 is 2.56 bits per heavy atom. The maximum atomic E-state index is 14.0. The van der Waals surface area contributed by atoms with Crippen molar-refractivity contribution < 1.29 is 23.1 Å². The van der Waals surface area contributed by atoms with Crippen LogP contribution < -0.4 is 10.9 Å². The molecule has 1 aromatic carbocycles. The van der Waals surface area contributed by atoms with Crippen LogP contribution in [0.2, 0.25) is 5.15 Å². The zero-order valence-electron chi connectivity index (χ0n) is 19.8. The lowest BCUT2D eigenvalue weighted by Gasteiger charge is -2.28. The van der Waals surface area contributed by atoms with E-state index >= 15 is 0 Å². The van der Waals surface area contributed by atoms with Crippen molar-refractivity contribution in [2.45, 2.75) is 59.5 Å². The average Bonchev–Trinajstić information content (AvgIpc) is 3.10. The quantitative estimate of drug-likeness (QED) is 0.238. The lowest BCUT2D eigenvalue weighted by Crippen LogP contribution is -2.20. The molecule has 3 rings (SSSR count). The number of aliphatic hydroxyl groups is 1. The van der Waals surface area contributed by atoms with Crippen LogP contribution in [0.5, 0.6) is 0 Å². The van der Waals surface area contributed by atoms with E-state index in [4.69, 9.17) is 25.1 Å². The summed E-state index contributed by atoms with van der Waals surface area (Å²) >= 11 is 6.54. The van der Waals surface area contributed by atoms with Gasteiger partial charge in [-0.25, -0.2) is 9.78 Å². The summed E-state index contributed by atoms with van der Waals surface area (Å²) in [5.41, 5.74) is 1.50. The van der Waals surface area contributed by atoms with Gasteiger partial charge in [0, 0.05) is 29.6 Å². The molecule has 11 heteroatoms. The Morgan fingerprint density at radius 1 is 1.24 bits per heavy atom. The first-order chi connectivity index (χ1) is 16.3. The van der Waals surface area contributed by atoms with Crippen molar-refractivity contribution in [1.82, 2.24) is 9.55 Å². The molecule has 186 valence electrons. The number of nitrogens with one attached hydrogen (secondary N) is 1. The van der Waals surface area contributed by atoms with Crippen molar-refractivity contribution in [3.05, 3.63) is 56.9 Å². The zero-order valence-corrected chi connectivity index (χ0v) is 21.5. The van der Waals surface area contributed by atoms with E-state index in [-0.39, 0.29) is 18.4 Å². The van der Waals surface area contributed by atoms with Gasteiger partial charge in [0.05, 0.1) is 18.9 Å². The van der Waals surface area contributed by atoms with Crippen LogP contribution in [0, 0.1) is 6.92 Å². The van der Waals surface area contributed by atoms with Crippen molar-refractivity contribution >= 4 is 35.9 Å². The van der Waals surface area contributed by atoms with Crippen molar-refractivity contribution in [2.75, 3.05) is 18.5 Å². The van der Waals surface area contributed by atoms with E-state index in [0.717, 1.165) is 23.8 Å². The molecule has 9 nitrogen and oxygen atoms in total. The molecule has 3 aromatic rings. The van der Waals surface area contributed by atoms with Crippen LogP contribution in [0.25, 0.3) is 11.0 Å². The highest BCUT2D eigenvalue weighted by atomic mass is 35.5. The van der Waals surface area contributed by atoms with Gasteiger partial charge in [0.15, 0.2) is 10.9 Å². The zero-order chi connectivity index (χ0) is 24.9. The van der Waals surface area contributed by atoms with E-state index in [1.165, 1.54) is 10.6 Å². The number of imidazole rings is 1. The fourth-order valence-electron chi connectivity index (χ4n) is 3.84. The van der Waals surface area contributed by atoms with Crippen LogP contribution in [0.4, 0.5) is 5.69 Å². The van der Waals surface area contributed by atoms with Crippen LogP contribution in [0.1, 0.15) is 56.5 Å². The lowest BCUT2D eigenvalue weighted by atomic mass is 10.1. The summed E-state index contributed by atoms with van der Waals surface area (Å²) < 4.78 is 32.2. The lowest BCUT2D eigenvalue weighted by molar-refractivity contribution is 0.196. The van der Waals surface area contributed by atoms with Gasteiger partial charge in [0.1, 0.15) is 18.1 Å². The van der Waals surface area contributed by atoms with E-state index < -0.39 is 25.7 Å². The molecule has 0 saturated heterocycles. The van der Waals surface area contributed by atoms with E-state index in [1.807, 2.05) is 6.92 Å². The Labute approximate surface area is 203 Å². The second-order valence-corrected chi connectivity index (χ2v) is 10.2. The van der Waals surface area contributed by atoms with E-state index in [9.17, 15) is 14.5 Å². The fourth-order valence-corrected chi connectivity index (χ4v) is 6.19. The Bertz CT molecular complexity index is 1230. The Kier molecular flexibility index (Phi) is 8.95. The minimum absolute atomic E-state index is 0.0976. The number of anilines is 1. The number of nitrogens with zero attached hydrogens (tertiary/aromatic N) is 2. The Hall–Kier alpha value is -2.16. The third-order valence-corrected chi connectivity index (χ3v) is 7.90. The van der Waals surface area contributed by atoms with E-state index in [2.05, 4.69) is 17.2 Å². The highest BCUT2D eigenvalue weighted by Gasteiger charge is 2.41. The molecule has 2 N–H and O–H groups in total. The van der Waals surface area contributed by atoms with Crippen LogP contribution in [-0.4, -0.2) is 27.9 Å². The highest BCUT2D eigenvalue weighted by molar-refractivity contribution is 7.54. The first-order valence-electron chi connectivity index (χ1n) is 11.3. The Morgan fingerprint density at radius 2 is 1.94 bits per heavy atom. The van der Waals surface area contributed by atoms with Crippen LogP contribution >= 0.6 is 19.2 Å². The number of aryl methyl sites for hydroxylation is 2. The van der Waals surface area contributed by atoms with Gasteiger partial charge in [-0.1, -0.05) is 24.9 Å². The maximum Gasteiger partial charge on any atom is 0.358 e. The number of unbranched alkanes of at least 4 members (excludes halogenated alkanes) is 1. The van der Waals surface area contributed by atoms with Crippen molar-refractivity contribution in [1.29, 1.82) is 0 Å². The third-order valence-electron chi connectivity index (χ3n) is 5.38. The molecule has 0 saturated carbocycles. The first kappa shape index (κ1) is 26.4. The summed E-state index contributed by atoms with van der Waals surface area (Å²) in [6.07, 6.45) is 2.38. The second-order valence-electron chi connectivity index (χ2n) is 7.76. The molecule has 0 radical (unpaired) electrons. The maximum absolute atomic E-state index is 14.0. The number of benzene rings is 1. The molecule has 2 heterocycles. The second kappa shape index (κ2) is 11.5. The fraction of sp³-hybridized carbons (Fsp3) is 0.478. The Balaban J connectivity index is 2.16. The minimum atomic E-state index is -3.84. The normalized spacial score (nSPS) is 12.9. The molecule has 34 heavy (non-hydrogen) atoms. The van der Waals surface area contributed by atoms with Crippen molar-refractivity contribution in [3.8, 4) is 0 Å². The molecule has 1 unspecified atom stereocenters. The molecular formula is C23H31ClN3O6P. The van der Waals surface area contributed by atoms with Gasteiger partial charge < -0.3 is 28.5 Å². The van der Waals surface area contributed by atoms with Crippen molar-refractivity contribution in [3.63, 3.8) is 0 Å². The van der Waals surface area contributed by atoms with Crippen molar-refractivity contribution in [2.24, 2.45) is 0 Å². The number of aliphatic hydroxyl groups excluding tert-OH is 1. The molecule has 0 spiro atoms. The van der Waals surface area contributed by atoms with Gasteiger partial charge in [0.2, 0.25) is 0 Å². The largest absolute Gasteiger partial charge is 0.423 e. The standard InChI is InChI=1S/C23H31ClN3O6P/c1-5-8-9-19-26-22(24)21(27(19)14-28)23(34(30,31-6-2)32-7-3)25-16-10-11-17-15(4)12-20(29)33-18(17)13-16/h10-13,23,25,28H,5-9,14H2,1-4H3. The molecule has 0 amide bonds. The number of fused-ring (bicyclic) bond motifs is 1. The number of aromatic nitrogens is 2. The molecule has 0 fully saturated rings. The molecule has 0 aliphatic carbocycles. The smallest absolute Gasteiger partial charge is 0.358 e. The summed E-state index contributed by atoms with van der Waals surface area (Å²) in [4.78, 5) is 16.3. The van der Waals surface area contributed by atoms with Gasteiger partial charge in [0.25, 0.3) is 0 Å². The number of hydrogen-bond acceptors (Lipinski definition) is 8. The molecule has 0 aliphatic rings. The van der Waals surface area contributed by atoms with Gasteiger partial charge >= 0.3 is 13.2 Å². The van der Waals surface area contributed by atoms with Crippen LogP contribution in [0.3, 0.4) is 0 Å². The summed E-state index contributed by atoms with van der Waals surface area (Å²) in [7, 11) is -3.84. The van der Waals surface area contributed by atoms with E-state index in [0.29, 0.717) is 29.2 Å². The highest BCUT2D eigenvalue weighted by Crippen LogP contribution is 2.61. The van der Waals surface area contributed by atoms with E-state index in [1.54, 1.807) is 32.0 Å². The monoisotopic (exact) mass is 511 g/mol. The number of hydrogen-bond donors (Lipinski definition) is 2. The topological polar surface area (TPSA) is 116 Å². The minimum Gasteiger partial charge on any atom is -0.423 e. The summed E-state index contributed by atoms with van der Waals surface area (Å²) in [6.45, 7) is 7.17. The first-order valence-corrected chi connectivity index (χ1v) is 13.3. The molecule has 2 aromatic heterocycles. The summed E-state index contributed by atoms with van der Waals surface area (Å²) in [5, 5.41) is 14.2. The van der Waals surface area contributed by atoms with Crippen LogP contribution in [0.15, 0.2) is 33.5 Å². The summed E-state index contributed by atoms with van der Waals surface area (Å²) in [6, 6.07) is 6.64.